The summed E-state index contributed by atoms with van der Waals surface area (Å²) in [5, 5.41) is 0. The van der Waals surface area contributed by atoms with Gasteiger partial charge < -0.3 is 4.74 Å². The summed E-state index contributed by atoms with van der Waals surface area (Å²) in [5.41, 5.74) is 0. The molecule has 0 aromatic rings. The van der Waals surface area contributed by atoms with Crippen LogP contribution in [0.3, 0.4) is 0 Å². The van der Waals surface area contributed by atoms with E-state index in [0.717, 1.165) is 13.2 Å². The highest BCUT2D eigenvalue weighted by molar-refractivity contribution is 5.75. The molecule has 0 spiro atoms. The van der Waals surface area contributed by atoms with Crippen LogP contribution < -0.4 is 0 Å². The molecule has 0 aromatic heterocycles. The van der Waals surface area contributed by atoms with Crippen molar-refractivity contribution in [2.75, 3.05) is 13.2 Å². The third-order valence-electron chi connectivity index (χ3n) is 0.827. The Labute approximate surface area is 44.3 Å². The first-order valence-electron chi connectivity index (χ1n) is 3.81. The lowest BCUT2D eigenvalue weighted by Crippen LogP contribution is -1.74. The van der Waals surface area contributed by atoms with Crippen LogP contribution in [0.15, 0.2) is 0 Å². The number of ether oxygens (including phenoxy) is 1. The molecule has 1 heterocycles. The lowest BCUT2D eigenvalue weighted by atomic mass is 10.4. The van der Waals surface area contributed by atoms with Gasteiger partial charge in [-0.3, -0.25) is 0 Å². The molecule has 1 aliphatic rings. The van der Waals surface area contributed by atoms with Crippen LogP contribution in [0.25, 0.3) is 0 Å². The van der Waals surface area contributed by atoms with Gasteiger partial charge >= 0.3 is 0 Å². The average Bonchev–Trinajstić information content (AvgIpc) is 2.11. The van der Waals surface area contributed by atoms with Gasteiger partial charge in [0.05, 0.1) is 8.30 Å². The van der Waals surface area contributed by atoms with Crippen molar-refractivity contribution in [2.24, 2.45) is 0 Å². The summed E-state index contributed by atoms with van der Waals surface area (Å²) in [6, 6.07) is 0. The van der Waals surface area contributed by atoms with Crippen LogP contribution in [0.5, 0.6) is 0 Å². The molecule has 0 N–H and O–H groups in total. The van der Waals surface area contributed by atoms with E-state index in [2.05, 4.69) is 0 Å². The summed E-state index contributed by atoms with van der Waals surface area (Å²) >= 11 is 0. The highest BCUT2D eigenvalue weighted by Gasteiger charge is 1.94. The molecule has 0 atom stereocenters. The third-order valence-corrected chi connectivity index (χ3v) is 0.827. The van der Waals surface area contributed by atoms with E-state index in [9.17, 15) is 0 Å². The molecule has 0 amide bonds. The van der Waals surface area contributed by atoms with Crippen molar-refractivity contribution in [2.45, 2.75) is 12.8 Å². The van der Waals surface area contributed by atoms with Crippen LogP contribution in [0.1, 0.15) is 12.8 Å². The fourth-order valence-corrected chi connectivity index (χ4v) is 0.510. The molecular formula is C4H11BO. The monoisotopic (exact) mass is 92.1 g/mol. The van der Waals surface area contributed by atoms with E-state index in [-0.39, 0.29) is 0 Å². The molecule has 36 valence electrons. The Hall–Kier alpha value is 0.0249. The highest BCUT2D eigenvalue weighted by Crippen LogP contribution is 1.98. The van der Waals surface area contributed by atoms with E-state index in [4.69, 9.17) is 8.74 Å². The first-order valence-corrected chi connectivity index (χ1v) is 2.08. The van der Waals surface area contributed by atoms with Gasteiger partial charge in [-0.25, -0.2) is 0 Å². The molecule has 6 heavy (non-hydrogen) atoms. The van der Waals surface area contributed by atoms with Crippen LogP contribution in [0.2, 0.25) is 0 Å². The SMILES string of the molecule is C1CCOC1.[3H]B([3H])[3H]. The van der Waals surface area contributed by atoms with Crippen molar-refractivity contribution in [3.8, 4) is 0 Å². The Bertz CT molecular complexity index is 47.4. The van der Waals surface area contributed by atoms with Crippen LogP contribution in [-0.4, -0.2) is 25.5 Å². The lowest BCUT2D eigenvalue weighted by molar-refractivity contribution is 0.198. The van der Waals surface area contributed by atoms with Gasteiger partial charge in [0, 0.05) is 13.2 Å². The maximum absolute atomic E-state index is 5.92. The lowest BCUT2D eigenvalue weighted by Gasteiger charge is -1.76. The van der Waals surface area contributed by atoms with Gasteiger partial charge in [-0.15, -0.1) is 0 Å². The van der Waals surface area contributed by atoms with Crippen molar-refractivity contribution in [1.82, 2.24) is 0 Å². The van der Waals surface area contributed by atoms with E-state index in [1.165, 1.54) is 12.8 Å². The summed E-state index contributed by atoms with van der Waals surface area (Å²) in [5.74, 6) is 0. The van der Waals surface area contributed by atoms with E-state index in [1.54, 1.807) is 0 Å². The van der Waals surface area contributed by atoms with Gasteiger partial charge in [0.15, 0.2) is 0 Å². The van der Waals surface area contributed by atoms with Crippen molar-refractivity contribution >= 4 is 8.30 Å². The van der Waals surface area contributed by atoms with Crippen LogP contribution in [-0.2, 0) is 4.74 Å². The topological polar surface area (TPSA) is 9.23 Å². The minimum Gasteiger partial charge on any atom is -0.381 e. The third kappa shape index (κ3) is 1.46. The summed E-state index contributed by atoms with van der Waals surface area (Å²) in [6.45, 7) is 2.00. The maximum atomic E-state index is 5.92. The number of hydrogen-bond donors (Lipinski definition) is 0. The van der Waals surface area contributed by atoms with E-state index >= 15 is 0 Å². The fourth-order valence-electron chi connectivity index (χ4n) is 0.510. The van der Waals surface area contributed by atoms with Crippen molar-refractivity contribution < 1.29 is 4.74 Å². The fraction of sp³-hybridized carbons (Fsp3) is 1.00. The Morgan fingerprint density at radius 2 is 2.00 bits per heavy atom. The molecule has 1 saturated heterocycles. The summed E-state index contributed by atoms with van der Waals surface area (Å²) in [7, 11) is -1.42. The number of hydrogen-bond acceptors (Lipinski definition) is 1. The molecule has 1 fully saturated rings. The van der Waals surface area contributed by atoms with Crippen LogP contribution >= 0.6 is 0 Å². The molecule has 1 nitrogen and oxygen atoms in total. The zero-order valence-electron chi connectivity index (χ0n) is 6.81. The molecule has 0 bridgehead atoms. The molecule has 1 aliphatic heterocycles. The van der Waals surface area contributed by atoms with Gasteiger partial charge in [-0.2, -0.15) is 0 Å². The smallest absolute Gasteiger partial charge is 0.0814 e. The first kappa shape index (κ1) is 2.36. The molecule has 0 aromatic carbocycles. The van der Waals surface area contributed by atoms with E-state index < -0.39 is 8.30 Å². The summed E-state index contributed by atoms with van der Waals surface area (Å²) in [4.78, 5) is 0. The zero-order chi connectivity index (χ0) is 7.11. The molecule has 0 radical (unpaired) electrons. The molecule has 0 unspecified atom stereocenters. The Morgan fingerprint density at radius 3 is 2.17 bits per heavy atom. The second-order valence-corrected chi connectivity index (χ2v) is 1.32. The van der Waals surface area contributed by atoms with E-state index in [1.807, 2.05) is 0 Å². The zero-order valence-corrected chi connectivity index (χ0v) is 3.81. The van der Waals surface area contributed by atoms with Crippen molar-refractivity contribution in [1.29, 1.82) is 4.01 Å². The largest absolute Gasteiger partial charge is 0.381 e. The molecule has 2 heteroatoms. The summed E-state index contributed by atoms with van der Waals surface area (Å²) in [6.07, 6.45) is 2.56. The maximum Gasteiger partial charge on any atom is 0.0814 e. The minimum absolute atomic E-state index is 1.00. The molecule has 1 rings (SSSR count). The molecule has 0 aliphatic carbocycles. The predicted octanol–water partition coefficient (Wildman–Crippen LogP) is -0.387. The van der Waals surface area contributed by atoms with Gasteiger partial charge in [-0.1, -0.05) is 0 Å². The number of rotatable bonds is 0. The second kappa shape index (κ2) is 3.22. The van der Waals surface area contributed by atoms with Crippen LogP contribution in [0, 0.1) is 0 Å². The Morgan fingerprint density at radius 1 is 1.50 bits per heavy atom. The predicted molar refractivity (Wildman–Crippen MR) is 30.0 cm³/mol. The average molecular weight is 92.0 g/mol. The van der Waals surface area contributed by atoms with Crippen molar-refractivity contribution in [3.05, 3.63) is 0 Å². The standard InChI is InChI=1S/C4H8O.BH3/c1-2-4-5-3-1;/h1-4H2;1H3/i;1T3. The van der Waals surface area contributed by atoms with Gasteiger partial charge in [0.1, 0.15) is 0 Å². The van der Waals surface area contributed by atoms with Gasteiger partial charge in [0.2, 0.25) is 0 Å². The highest BCUT2D eigenvalue weighted by atomic mass is 16.5. The minimum atomic E-state index is -1.42. The van der Waals surface area contributed by atoms with Crippen LogP contribution in [0.4, 0.5) is 0 Å². The van der Waals surface area contributed by atoms with Gasteiger partial charge in [0.25, 0.3) is 0 Å². The first-order chi connectivity index (χ1) is 4.23. The Kier molecular flexibility index (Phi) is 1.27. The molecular weight excluding hydrogens is 74.9 g/mol. The quantitative estimate of drug-likeness (QED) is 0.370. The Balaban J connectivity index is 0.000000148. The van der Waals surface area contributed by atoms with Crippen molar-refractivity contribution in [3.63, 3.8) is 0 Å². The van der Waals surface area contributed by atoms with E-state index in [0.29, 0.717) is 0 Å². The van der Waals surface area contributed by atoms with Gasteiger partial charge in [-0.05, 0) is 16.8 Å². The second-order valence-electron chi connectivity index (χ2n) is 1.32. The summed E-state index contributed by atoms with van der Waals surface area (Å²) < 4.78 is 22.7. The normalized spacial score (nSPS) is 25.0. The molecule has 0 saturated carbocycles.